The van der Waals surface area contributed by atoms with Crippen molar-refractivity contribution in [3.05, 3.63) is 22.3 Å². The van der Waals surface area contributed by atoms with Crippen LogP contribution in [0.3, 0.4) is 0 Å². The van der Waals surface area contributed by atoms with Gasteiger partial charge >= 0.3 is 5.97 Å². The van der Waals surface area contributed by atoms with Gasteiger partial charge in [0, 0.05) is 11.9 Å². The smallest absolute Gasteiger partial charge is 0.341 e. The Morgan fingerprint density at radius 2 is 2.30 bits per heavy atom. The van der Waals surface area contributed by atoms with Crippen molar-refractivity contribution >= 4 is 40.0 Å². The van der Waals surface area contributed by atoms with Crippen LogP contribution in [0.4, 0.5) is 5.00 Å². The maximum atomic E-state index is 12.7. The van der Waals surface area contributed by atoms with E-state index in [-0.39, 0.29) is 17.1 Å². The topological polar surface area (TPSA) is 86.1 Å². The highest BCUT2D eigenvalue weighted by Gasteiger charge is 2.30. The number of aryl methyl sites for hydroxylation is 1. The molecule has 2 atom stereocenters. The fourth-order valence-electron chi connectivity index (χ4n) is 3.06. The molecule has 1 aliphatic rings. The van der Waals surface area contributed by atoms with E-state index in [0.29, 0.717) is 28.2 Å². The minimum atomic E-state index is -0.374. The molecule has 0 spiro atoms. The van der Waals surface area contributed by atoms with Crippen molar-refractivity contribution in [3.63, 3.8) is 0 Å². The third-order valence-corrected chi connectivity index (χ3v) is 6.87. The zero-order chi connectivity index (χ0) is 19.6. The lowest BCUT2D eigenvalue weighted by Gasteiger charge is -2.18. The van der Waals surface area contributed by atoms with Crippen molar-refractivity contribution < 1.29 is 14.3 Å². The summed E-state index contributed by atoms with van der Waals surface area (Å²) in [6.07, 6.45) is 4.42. The number of thioether (sulfide) groups is 1. The van der Waals surface area contributed by atoms with Gasteiger partial charge in [-0.1, -0.05) is 18.7 Å². The van der Waals surface area contributed by atoms with Crippen LogP contribution in [0, 0.1) is 5.92 Å². The highest BCUT2D eigenvalue weighted by Crippen LogP contribution is 2.40. The normalized spacial score (nSPS) is 17.3. The number of fused-ring (bicyclic) bond motifs is 1. The Kier molecular flexibility index (Phi) is 6.21. The van der Waals surface area contributed by atoms with E-state index >= 15 is 0 Å². The van der Waals surface area contributed by atoms with Crippen LogP contribution in [0.2, 0.25) is 0 Å². The third kappa shape index (κ3) is 4.35. The number of carbonyl (C=O) groups excluding carboxylic acids is 2. The molecule has 0 aromatic carbocycles. The largest absolute Gasteiger partial charge is 0.462 e. The van der Waals surface area contributed by atoms with Crippen molar-refractivity contribution in [1.82, 2.24) is 14.8 Å². The number of anilines is 1. The molecule has 0 unspecified atom stereocenters. The number of ether oxygens (including phenoxy) is 1. The Hall–Kier alpha value is -1.87. The second-order valence-corrected chi connectivity index (χ2v) is 9.16. The van der Waals surface area contributed by atoms with Gasteiger partial charge in [0.2, 0.25) is 5.91 Å². The second kappa shape index (κ2) is 8.43. The monoisotopic (exact) mass is 408 g/mol. The Balaban J connectivity index is 1.81. The van der Waals surface area contributed by atoms with Gasteiger partial charge < -0.3 is 14.6 Å². The van der Waals surface area contributed by atoms with Crippen LogP contribution in [0.1, 0.15) is 48.0 Å². The van der Waals surface area contributed by atoms with E-state index in [1.54, 1.807) is 17.8 Å². The van der Waals surface area contributed by atoms with Gasteiger partial charge in [0.15, 0.2) is 5.16 Å². The Morgan fingerprint density at radius 3 is 2.96 bits per heavy atom. The average Bonchev–Trinajstić information content (AvgIpc) is 3.17. The zero-order valence-corrected chi connectivity index (χ0v) is 17.6. The van der Waals surface area contributed by atoms with E-state index in [1.807, 2.05) is 14.0 Å². The van der Waals surface area contributed by atoms with Gasteiger partial charge in [-0.15, -0.1) is 21.5 Å². The SMILES string of the molecule is CCOC(=O)c1c(NC(=O)[C@@H](C)Sc2nncn2C)sc2c1CC[C@@H](C)C2. The number of amides is 1. The third-order valence-electron chi connectivity index (χ3n) is 4.55. The van der Waals surface area contributed by atoms with Crippen molar-refractivity contribution in [1.29, 1.82) is 0 Å². The first kappa shape index (κ1) is 19.9. The molecular weight excluding hydrogens is 384 g/mol. The summed E-state index contributed by atoms with van der Waals surface area (Å²) in [5.41, 5.74) is 1.58. The average molecular weight is 409 g/mol. The number of nitrogens with one attached hydrogen (secondary N) is 1. The van der Waals surface area contributed by atoms with E-state index in [9.17, 15) is 9.59 Å². The number of nitrogens with zero attached hydrogens (tertiary/aromatic N) is 3. The first-order valence-electron chi connectivity index (χ1n) is 9.03. The van der Waals surface area contributed by atoms with Crippen molar-refractivity contribution in [2.24, 2.45) is 13.0 Å². The van der Waals surface area contributed by atoms with Crippen LogP contribution in [0.5, 0.6) is 0 Å². The summed E-state index contributed by atoms with van der Waals surface area (Å²) in [7, 11) is 1.83. The van der Waals surface area contributed by atoms with E-state index in [2.05, 4.69) is 22.4 Å². The molecule has 1 N–H and O–H groups in total. The molecule has 0 bridgehead atoms. The molecular formula is C18H24N4O3S2. The molecule has 2 heterocycles. The standard InChI is InChI=1S/C18H24N4O3S2/c1-5-25-17(24)14-12-7-6-10(2)8-13(12)27-16(14)20-15(23)11(3)26-18-21-19-9-22(18)4/h9-11H,5-8H2,1-4H3,(H,20,23)/t10-,11-/m1/s1. The molecule has 0 radical (unpaired) electrons. The fourth-order valence-corrected chi connectivity index (χ4v) is 5.25. The molecule has 0 saturated heterocycles. The summed E-state index contributed by atoms with van der Waals surface area (Å²) in [5.74, 6) is 0.0637. The summed E-state index contributed by atoms with van der Waals surface area (Å²) < 4.78 is 7.02. The highest BCUT2D eigenvalue weighted by molar-refractivity contribution is 8.00. The second-order valence-electron chi connectivity index (χ2n) is 6.75. The van der Waals surface area contributed by atoms with Crippen LogP contribution in [-0.2, 0) is 29.4 Å². The van der Waals surface area contributed by atoms with Crippen LogP contribution >= 0.6 is 23.1 Å². The number of hydrogen-bond donors (Lipinski definition) is 1. The highest BCUT2D eigenvalue weighted by atomic mass is 32.2. The fraction of sp³-hybridized carbons (Fsp3) is 0.556. The Labute approximate surface area is 166 Å². The molecule has 27 heavy (non-hydrogen) atoms. The van der Waals surface area contributed by atoms with Crippen LogP contribution in [0.15, 0.2) is 11.5 Å². The minimum absolute atomic E-state index is 0.166. The number of aromatic nitrogens is 3. The number of thiophene rings is 1. The lowest BCUT2D eigenvalue weighted by molar-refractivity contribution is -0.115. The van der Waals surface area contributed by atoms with Crippen molar-refractivity contribution in [2.75, 3.05) is 11.9 Å². The number of hydrogen-bond acceptors (Lipinski definition) is 7. The van der Waals surface area contributed by atoms with Gasteiger partial charge in [0.05, 0.1) is 17.4 Å². The van der Waals surface area contributed by atoms with Crippen LogP contribution in [0.25, 0.3) is 0 Å². The molecule has 0 fully saturated rings. The van der Waals surface area contributed by atoms with Crippen LogP contribution in [-0.4, -0.2) is 38.5 Å². The molecule has 3 rings (SSSR count). The Bertz CT molecular complexity index is 846. The summed E-state index contributed by atoms with van der Waals surface area (Å²) in [4.78, 5) is 26.4. The maximum absolute atomic E-state index is 12.7. The molecule has 1 amide bonds. The molecule has 7 nitrogen and oxygen atoms in total. The minimum Gasteiger partial charge on any atom is -0.462 e. The van der Waals surface area contributed by atoms with Gasteiger partial charge in [0.1, 0.15) is 11.3 Å². The molecule has 0 aliphatic heterocycles. The molecule has 146 valence electrons. The predicted octanol–water partition coefficient (Wildman–Crippen LogP) is 3.30. The van der Waals surface area contributed by atoms with E-state index in [1.165, 1.54) is 28.0 Å². The zero-order valence-electron chi connectivity index (χ0n) is 15.9. The maximum Gasteiger partial charge on any atom is 0.341 e. The van der Waals surface area contributed by atoms with E-state index in [0.717, 1.165) is 24.8 Å². The first-order valence-corrected chi connectivity index (χ1v) is 10.7. The van der Waals surface area contributed by atoms with E-state index in [4.69, 9.17) is 4.74 Å². The summed E-state index contributed by atoms with van der Waals surface area (Å²) >= 11 is 2.83. The van der Waals surface area contributed by atoms with Gasteiger partial charge in [-0.05, 0) is 44.6 Å². The van der Waals surface area contributed by atoms with Gasteiger partial charge in [-0.3, -0.25) is 4.79 Å². The van der Waals surface area contributed by atoms with E-state index < -0.39 is 0 Å². The van der Waals surface area contributed by atoms with Gasteiger partial charge in [-0.2, -0.15) is 0 Å². The lowest BCUT2D eigenvalue weighted by Crippen LogP contribution is -2.23. The Morgan fingerprint density at radius 1 is 1.52 bits per heavy atom. The first-order chi connectivity index (χ1) is 12.9. The molecule has 2 aromatic rings. The molecule has 0 saturated carbocycles. The quantitative estimate of drug-likeness (QED) is 0.583. The summed E-state index contributed by atoms with van der Waals surface area (Å²) in [6, 6.07) is 0. The predicted molar refractivity (Wildman–Crippen MR) is 106 cm³/mol. The molecule has 9 heteroatoms. The number of rotatable bonds is 6. The summed E-state index contributed by atoms with van der Waals surface area (Å²) in [5, 5.41) is 11.7. The van der Waals surface area contributed by atoms with Crippen molar-refractivity contribution in [3.8, 4) is 0 Å². The number of esters is 1. The summed E-state index contributed by atoms with van der Waals surface area (Å²) in [6.45, 7) is 6.13. The molecule has 2 aromatic heterocycles. The van der Waals surface area contributed by atoms with Crippen LogP contribution < -0.4 is 5.32 Å². The lowest BCUT2D eigenvalue weighted by atomic mass is 9.88. The molecule has 1 aliphatic carbocycles. The number of carbonyl (C=O) groups is 2. The van der Waals surface area contributed by atoms with Gasteiger partial charge in [0.25, 0.3) is 0 Å². The van der Waals surface area contributed by atoms with Crippen molar-refractivity contribution in [2.45, 2.75) is 50.4 Å². The van der Waals surface area contributed by atoms with Gasteiger partial charge in [-0.25, -0.2) is 4.79 Å².